The SMILES string of the molecule is COCCNCc1ccc(OCc2ccno2)cn1. The van der Waals surface area contributed by atoms with Gasteiger partial charge in [0.15, 0.2) is 5.76 Å². The Hall–Kier alpha value is -1.92. The topological polar surface area (TPSA) is 69.4 Å². The molecule has 0 spiro atoms. The van der Waals surface area contributed by atoms with E-state index in [1.807, 2.05) is 12.1 Å². The van der Waals surface area contributed by atoms with Crippen molar-refractivity contribution in [2.45, 2.75) is 13.2 Å². The van der Waals surface area contributed by atoms with Gasteiger partial charge in [-0.2, -0.15) is 0 Å². The van der Waals surface area contributed by atoms with E-state index in [9.17, 15) is 0 Å². The number of methoxy groups -OCH3 is 1. The standard InChI is InChI=1S/C13H17N3O3/c1-17-7-6-14-8-11-2-3-12(9-15-11)18-10-13-4-5-16-19-13/h2-5,9,14H,6-8,10H2,1H3. The van der Waals surface area contributed by atoms with E-state index in [1.54, 1.807) is 25.6 Å². The van der Waals surface area contributed by atoms with Gasteiger partial charge in [0.05, 0.1) is 24.7 Å². The molecule has 0 aliphatic rings. The second kappa shape index (κ2) is 7.50. The van der Waals surface area contributed by atoms with Crippen LogP contribution in [0.3, 0.4) is 0 Å². The van der Waals surface area contributed by atoms with E-state index >= 15 is 0 Å². The summed E-state index contributed by atoms with van der Waals surface area (Å²) in [5, 5.41) is 6.83. The summed E-state index contributed by atoms with van der Waals surface area (Å²) in [5.41, 5.74) is 0.961. The van der Waals surface area contributed by atoms with Crippen LogP contribution in [0.1, 0.15) is 11.5 Å². The Morgan fingerprint density at radius 3 is 2.95 bits per heavy atom. The van der Waals surface area contributed by atoms with Crippen LogP contribution in [-0.4, -0.2) is 30.4 Å². The first-order valence-corrected chi connectivity index (χ1v) is 6.05. The number of ether oxygens (including phenoxy) is 2. The average Bonchev–Trinajstić information content (AvgIpc) is 2.96. The van der Waals surface area contributed by atoms with E-state index in [0.717, 1.165) is 12.2 Å². The Morgan fingerprint density at radius 2 is 2.26 bits per heavy atom. The lowest BCUT2D eigenvalue weighted by molar-refractivity contribution is 0.199. The molecule has 0 fully saturated rings. The van der Waals surface area contributed by atoms with Gasteiger partial charge in [-0.25, -0.2) is 0 Å². The van der Waals surface area contributed by atoms with Crippen LogP contribution in [0, 0.1) is 0 Å². The second-order valence-corrected chi connectivity index (χ2v) is 3.92. The molecule has 0 aromatic carbocycles. The lowest BCUT2D eigenvalue weighted by atomic mass is 10.3. The summed E-state index contributed by atoms with van der Waals surface area (Å²) in [7, 11) is 1.68. The molecular formula is C13H17N3O3. The Kier molecular flexibility index (Phi) is 5.33. The fourth-order valence-corrected chi connectivity index (χ4v) is 1.46. The number of nitrogens with zero attached hydrogens (tertiary/aromatic N) is 2. The van der Waals surface area contributed by atoms with Crippen LogP contribution in [0.2, 0.25) is 0 Å². The molecule has 0 amide bonds. The van der Waals surface area contributed by atoms with E-state index in [1.165, 1.54) is 0 Å². The van der Waals surface area contributed by atoms with Gasteiger partial charge in [0.1, 0.15) is 12.4 Å². The van der Waals surface area contributed by atoms with Gasteiger partial charge in [-0.05, 0) is 12.1 Å². The van der Waals surface area contributed by atoms with Crippen molar-refractivity contribution in [3.63, 3.8) is 0 Å². The Morgan fingerprint density at radius 1 is 1.32 bits per heavy atom. The molecule has 0 radical (unpaired) electrons. The summed E-state index contributed by atoms with van der Waals surface area (Å²) in [6.07, 6.45) is 3.29. The lowest BCUT2D eigenvalue weighted by Crippen LogP contribution is -2.19. The van der Waals surface area contributed by atoms with Crippen LogP contribution in [0.15, 0.2) is 35.1 Å². The molecule has 1 N–H and O–H groups in total. The Labute approximate surface area is 111 Å². The largest absolute Gasteiger partial charge is 0.484 e. The maximum atomic E-state index is 5.51. The molecule has 0 saturated heterocycles. The van der Waals surface area contributed by atoms with Crippen molar-refractivity contribution in [2.24, 2.45) is 0 Å². The molecule has 6 heteroatoms. The Balaban J connectivity index is 1.74. The van der Waals surface area contributed by atoms with E-state index in [2.05, 4.69) is 15.5 Å². The fraction of sp³-hybridized carbons (Fsp3) is 0.385. The molecule has 2 aromatic rings. The number of hydrogen-bond acceptors (Lipinski definition) is 6. The Bertz CT molecular complexity index is 456. The van der Waals surface area contributed by atoms with Crippen LogP contribution < -0.4 is 10.1 Å². The van der Waals surface area contributed by atoms with Gasteiger partial charge in [-0.1, -0.05) is 5.16 Å². The van der Waals surface area contributed by atoms with Crippen molar-refractivity contribution >= 4 is 0 Å². The van der Waals surface area contributed by atoms with Crippen LogP contribution in [0.4, 0.5) is 0 Å². The summed E-state index contributed by atoms with van der Waals surface area (Å²) in [6.45, 7) is 2.57. The van der Waals surface area contributed by atoms with Crippen LogP contribution in [0.25, 0.3) is 0 Å². The zero-order chi connectivity index (χ0) is 13.3. The van der Waals surface area contributed by atoms with E-state index in [-0.39, 0.29) is 0 Å². The highest BCUT2D eigenvalue weighted by molar-refractivity contribution is 5.20. The highest BCUT2D eigenvalue weighted by atomic mass is 16.5. The predicted octanol–water partition coefficient (Wildman–Crippen LogP) is 1.38. The van der Waals surface area contributed by atoms with Gasteiger partial charge >= 0.3 is 0 Å². The van der Waals surface area contributed by atoms with Crippen molar-refractivity contribution in [1.29, 1.82) is 0 Å². The maximum Gasteiger partial charge on any atom is 0.174 e. The molecule has 2 aromatic heterocycles. The van der Waals surface area contributed by atoms with Crippen molar-refractivity contribution in [3.05, 3.63) is 42.0 Å². The van der Waals surface area contributed by atoms with Crippen molar-refractivity contribution in [3.8, 4) is 5.75 Å². The third-order valence-electron chi connectivity index (χ3n) is 2.46. The zero-order valence-electron chi connectivity index (χ0n) is 10.8. The number of rotatable bonds is 8. The van der Waals surface area contributed by atoms with Crippen molar-refractivity contribution in [2.75, 3.05) is 20.3 Å². The normalized spacial score (nSPS) is 10.6. The van der Waals surface area contributed by atoms with E-state index < -0.39 is 0 Å². The van der Waals surface area contributed by atoms with Gasteiger partial charge in [0.25, 0.3) is 0 Å². The minimum atomic E-state index is 0.354. The molecule has 0 aliphatic carbocycles. The van der Waals surface area contributed by atoms with Gasteiger partial charge in [0.2, 0.25) is 0 Å². The summed E-state index contributed by atoms with van der Waals surface area (Å²) < 4.78 is 15.4. The first-order chi connectivity index (χ1) is 9.38. The maximum absolute atomic E-state index is 5.51. The zero-order valence-corrected chi connectivity index (χ0v) is 10.8. The molecule has 0 bridgehead atoms. The van der Waals surface area contributed by atoms with E-state index in [0.29, 0.717) is 31.3 Å². The second-order valence-electron chi connectivity index (χ2n) is 3.92. The molecule has 102 valence electrons. The highest BCUT2D eigenvalue weighted by Gasteiger charge is 2.00. The summed E-state index contributed by atoms with van der Waals surface area (Å²) >= 11 is 0. The van der Waals surface area contributed by atoms with Crippen LogP contribution in [-0.2, 0) is 17.9 Å². The lowest BCUT2D eigenvalue weighted by Gasteiger charge is -2.06. The smallest absolute Gasteiger partial charge is 0.174 e. The third kappa shape index (κ3) is 4.69. The first kappa shape index (κ1) is 13.5. The van der Waals surface area contributed by atoms with Gasteiger partial charge < -0.3 is 19.3 Å². The summed E-state index contributed by atoms with van der Waals surface area (Å²) in [6, 6.07) is 5.58. The quantitative estimate of drug-likeness (QED) is 0.726. The molecule has 0 unspecified atom stereocenters. The van der Waals surface area contributed by atoms with Gasteiger partial charge in [-0.3, -0.25) is 4.98 Å². The van der Waals surface area contributed by atoms with Crippen LogP contribution in [0.5, 0.6) is 5.75 Å². The monoisotopic (exact) mass is 263 g/mol. The fourth-order valence-electron chi connectivity index (χ4n) is 1.46. The molecule has 0 atom stereocenters. The molecular weight excluding hydrogens is 246 g/mol. The average molecular weight is 263 g/mol. The number of aromatic nitrogens is 2. The molecule has 19 heavy (non-hydrogen) atoms. The molecule has 2 rings (SSSR count). The number of nitrogens with one attached hydrogen (secondary N) is 1. The minimum absolute atomic E-state index is 0.354. The molecule has 6 nitrogen and oxygen atoms in total. The number of pyridine rings is 1. The molecule has 0 saturated carbocycles. The number of hydrogen-bond donors (Lipinski definition) is 1. The summed E-state index contributed by atoms with van der Waals surface area (Å²) in [5.74, 6) is 1.39. The minimum Gasteiger partial charge on any atom is -0.484 e. The molecule has 2 heterocycles. The van der Waals surface area contributed by atoms with Gasteiger partial charge in [-0.15, -0.1) is 0 Å². The predicted molar refractivity (Wildman–Crippen MR) is 68.7 cm³/mol. The highest BCUT2D eigenvalue weighted by Crippen LogP contribution is 2.11. The van der Waals surface area contributed by atoms with E-state index in [4.69, 9.17) is 14.0 Å². The molecule has 0 aliphatic heterocycles. The van der Waals surface area contributed by atoms with Crippen molar-refractivity contribution in [1.82, 2.24) is 15.5 Å². The van der Waals surface area contributed by atoms with Crippen LogP contribution >= 0.6 is 0 Å². The van der Waals surface area contributed by atoms with Crippen molar-refractivity contribution < 1.29 is 14.0 Å². The summed E-state index contributed by atoms with van der Waals surface area (Å²) in [4.78, 5) is 4.30. The first-order valence-electron chi connectivity index (χ1n) is 6.05. The third-order valence-corrected chi connectivity index (χ3v) is 2.46. The van der Waals surface area contributed by atoms with Gasteiger partial charge in [0, 0.05) is 26.3 Å².